The molecule has 2 aliphatic rings. The molecule has 1 amide bonds. The average Bonchev–Trinajstić information content (AvgIpc) is 3.46. The van der Waals surface area contributed by atoms with Gasteiger partial charge < -0.3 is 19.3 Å². The van der Waals surface area contributed by atoms with E-state index < -0.39 is 0 Å². The molecule has 3 aromatic rings. The lowest BCUT2D eigenvalue weighted by molar-refractivity contribution is -0.0163. The summed E-state index contributed by atoms with van der Waals surface area (Å²) in [4.78, 5) is 13.2. The summed E-state index contributed by atoms with van der Waals surface area (Å²) >= 11 is 6.33. The topological polar surface area (TPSA) is 73.6 Å². The Labute approximate surface area is 166 Å². The van der Waals surface area contributed by atoms with Gasteiger partial charge in [-0.1, -0.05) is 28.9 Å². The summed E-state index contributed by atoms with van der Waals surface area (Å²) in [5.74, 6) is 1.15. The lowest BCUT2D eigenvalue weighted by Crippen LogP contribution is -2.16. The van der Waals surface area contributed by atoms with Crippen LogP contribution in [0.3, 0.4) is 0 Å². The van der Waals surface area contributed by atoms with Crippen LogP contribution in [0.15, 0.2) is 47.0 Å². The van der Waals surface area contributed by atoms with Crippen LogP contribution in [0.4, 0.5) is 5.69 Å². The van der Waals surface area contributed by atoms with Crippen molar-refractivity contribution in [2.24, 2.45) is 0 Å². The van der Waals surface area contributed by atoms with Gasteiger partial charge in [0.15, 0.2) is 12.6 Å². The number of aromatic nitrogens is 1. The number of halogens is 1. The maximum absolute atomic E-state index is 13.2. The smallest absolute Gasteiger partial charge is 0.261 e. The van der Waals surface area contributed by atoms with Gasteiger partial charge in [-0.15, -0.1) is 0 Å². The molecule has 0 atom stereocenters. The Morgan fingerprint density at radius 1 is 1.18 bits per heavy atom. The minimum absolute atomic E-state index is 0.241. The number of amides is 1. The third-order valence-corrected chi connectivity index (χ3v) is 5.23. The zero-order valence-electron chi connectivity index (χ0n) is 14.9. The Balaban J connectivity index is 1.51. The summed E-state index contributed by atoms with van der Waals surface area (Å²) in [7, 11) is 0. The summed E-state index contributed by atoms with van der Waals surface area (Å²) in [6, 6.07) is 12.8. The summed E-state index contributed by atoms with van der Waals surface area (Å²) < 4.78 is 16.3. The zero-order chi connectivity index (χ0) is 19.1. The molecule has 1 saturated carbocycles. The lowest BCUT2D eigenvalue weighted by Gasteiger charge is -2.18. The van der Waals surface area contributed by atoms with Crippen molar-refractivity contribution in [3.63, 3.8) is 0 Å². The minimum atomic E-state index is -0.268. The molecule has 0 saturated heterocycles. The van der Waals surface area contributed by atoms with E-state index in [0.29, 0.717) is 39.9 Å². The second-order valence-electron chi connectivity index (χ2n) is 6.91. The van der Waals surface area contributed by atoms with Crippen LogP contribution >= 0.6 is 11.6 Å². The van der Waals surface area contributed by atoms with Crippen molar-refractivity contribution in [2.45, 2.75) is 25.4 Å². The van der Waals surface area contributed by atoms with Crippen molar-refractivity contribution in [3.8, 4) is 17.1 Å². The SMILES string of the molecule is O=C(Nc1ccc2c(c1)COCO2)c1c(C2CC2)noc1-c1ccccc1Cl. The number of fused-ring (bicyclic) bond motifs is 1. The van der Waals surface area contributed by atoms with Crippen molar-refractivity contribution in [1.29, 1.82) is 0 Å². The minimum Gasteiger partial charge on any atom is -0.467 e. The van der Waals surface area contributed by atoms with Crippen LogP contribution in [0.2, 0.25) is 5.02 Å². The van der Waals surface area contributed by atoms with Crippen molar-refractivity contribution in [3.05, 3.63) is 64.3 Å². The first-order valence-electron chi connectivity index (χ1n) is 9.10. The fourth-order valence-electron chi connectivity index (χ4n) is 3.35. The van der Waals surface area contributed by atoms with Crippen LogP contribution < -0.4 is 10.1 Å². The summed E-state index contributed by atoms with van der Waals surface area (Å²) in [6.45, 7) is 0.690. The quantitative estimate of drug-likeness (QED) is 0.672. The van der Waals surface area contributed by atoms with E-state index in [1.54, 1.807) is 6.07 Å². The number of hydrogen-bond acceptors (Lipinski definition) is 5. The van der Waals surface area contributed by atoms with Gasteiger partial charge in [0.2, 0.25) is 0 Å². The largest absolute Gasteiger partial charge is 0.467 e. The number of rotatable bonds is 4. The normalized spacial score (nSPS) is 15.6. The van der Waals surface area contributed by atoms with Crippen LogP contribution in [0.25, 0.3) is 11.3 Å². The van der Waals surface area contributed by atoms with Crippen LogP contribution in [0, 0.1) is 0 Å². The summed E-state index contributed by atoms with van der Waals surface area (Å²) in [6.07, 6.45) is 2.00. The number of carbonyl (C=O) groups excluding carboxylic acids is 1. The Morgan fingerprint density at radius 2 is 2.04 bits per heavy atom. The van der Waals surface area contributed by atoms with Gasteiger partial charge in [0.25, 0.3) is 5.91 Å². The monoisotopic (exact) mass is 396 g/mol. The zero-order valence-corrected chi connectivity index (χ0v) is 15.7. The highest BCUT2D eigenvalue weighted by atomic mass is 35.5. The molecule has 1 N–H and O–H groups in total. The molecular weight excluding hydrogens is 380 g/mol. The van der Waals surface area contributed by atoms with E-state index in [2.05, 4.69) is 10.5 Å². The average molecular weight is 397 g/mol. The number of carbonyl (C=O) groups is 1. The predicted molar refractivity (Wildman–Crippen MR) is 104 cm³/mol. The predicted octanol–water partition coefficient (Wildman–Crippen LogP) is 4.99. The number of benzene rings is 2. The maximum Gasteiger partial charge on any atom is 0.261 e. The van der Waals surface area contributed by atoms with E-state index in [1.165, 1.54) is 0 Å². The molecule has 0 unspecified atom stereocenters. The highest BCUT2D eigenvalue weighted by Gasteiger charge is 2.35. The summed E-state index contributed by atoms with van der Waals surface area (Å²) in [5, 5.41) is 7.66. The van der Waals surface area contributed by atoms with Crippen molar-refractivity contribution in [1.82, 2.24) is 5.16 Å². The first-order valence-corrected chi connectivity index (χ1v) is 9.48. The maximum atomic E-state index is 13.2. The number of nitrogens with one attached hydrogen (secondary N) is 1. The van der Waals surface area contributed by atoms with Gasteiger partial charge in [-0.3, -0.25) is 4.79 Å². The molecule has 1 aliphatic heterocycles. The van der Waals surface area contributed by atoms with Crippen LogP contribution in [0.1, 0.15) is 40.4 Å². The Bertz CT molecular complexity index is 1060. The lowest BCUT2D eigenvalue weighted by atomic mass is 10.0. The van der Waals surface area contributed by atoms with Crippen molar-refractivity contribution >= 4 is 23.2 Å². The van der Waals surface area contributed by atoms with Gasteiger partial charge >= 0.3 is 0 Å². The number of hydrogen-bond donors (Lipinski definition) is 1. The molecule has 0 bridgehead atoms. The number of nitrogens with zero attached hydrogens (tertiary/aromatic N) is 1. The number of anilines is 1. The highest BCUT2D eigenvalue weighted by Crippen LogP contribution is 2.44. The van der Waals surface area contributed by atoms with Crippen molar-refractivity contribution in [2.75, 3.05) is 12.1 Å². The van der Waals surface area contributed by atoms with Crippen LogP contribution in [0.5, 0.6) is 5.75 Å². The third-order valence-electron chi connectivity index (χ3n) is 4.90. The van der Waals surface area contributed by atoms with Crippen LogP contribution in [-0.4, -0.2) is 17.9 Å². The Kier molecular flexibility index (Phi) is 4.30. The molecule has 5 rings (SSSR count). The molecule has 142 valence electrons. The first kappa shape index (κ1) is 17.3. The second kappa shape index (κ2) is 6.96. The molecule has 7 heteroatoms. The second-order valence-corrected chi connectivity index (χ2v) is 7.32. The molecular formula is C21H17ClN2O4. The molecule has 0 radical (unpaired) electrons. The Hall–Kier alpha value is -2.83. The molecule has 0 spiro atoms. The molecule has 2 heterocycles. The third kappa shape index (κ3) is 3.15. The fourth-order valence-corrected chi connectivity index (χ4v) is 3.57. The van der Waals surface area contributed by atoms with Gasteiger partial charge in [0.1, 0.15) is 17.0 Å². The first-order chi connectivity index (χ1) is 13.7. The number of ether oxygens (including phenoxy) is 2. The van der Waals surface area contributed by atoms with E-state index in [1.807, 2.05) is 36.4 Å². The van der Waals surface area contributed by atoms with E-state index in [4.69, 9.17) is 25.6 Å². The van der Waals surface area contributed by atoms with Gasteiger partial charge in [0, 0.05) is 22.7 Å². The summed E-state index contributed by atoms with van der Waals surface area (Å²) in [5.41, 5.74) is 3.34. The van der Waals surface area contributed by atoms with Gasteiger partial charge in [-0.2, -0.15) is 0 Å². The highest BCUT2D eigenvalue weighted by molar-refractivity contribution is 6.33. The van der Waals surface area contributed by atoms with Gasteiger partial charge in [-0.25, -0.2) is 0 Å². The molecule has 1 fully saturated rings. The van der Waals surface area contributed by atoms with Gasteiger partial charge in [0.05, 0.1) is 11.6 Å². The standard InChI is InChI=1S/C21H17ClN2O4/c22-16-4-2-1-3-15(16)20-18(19(24-28-20)12-5-6-12)21(25)23-14-7-8-17-13(9-14)10-26-11-27-17/h1-4,7-9,12H,5-6,10-11H2,(H,23,25). The van der Waals surface area contributed by atoms with Crippen molar-refractivity contribution < 1.29 is 18.8 Å². The molecule has 1 aromatic heterocycles. The molecule has 1 aliphatic carbocycles. The molecule has 2 aromatic carbocycles. The van der Waals surface area contributed by atoms with Gasteiger partial charge in [-0.05, 0) is 43.2 Å². The van der Waals surface area contributed by atoms with E-state index in [0.717, 1.165) is 24.2 Å². The van der Waals surface area contributed by atoms with Crippen LogP contribution in [-0.2, 0) is 11.3 Å². The van der Waals surface area contributed by atoms with E-state index in [-0.39, 0.29) is 18.6 Å². The van der Waals surface area contributed by atoms with E-state index in [9.17, 15) is 4.79 Å². The fraction of sp³-hybridized carbons (Fsp3) is 0.238. The van der Waals surface area contributed by atoms with E-state index >= 15 is 0 Å². The molecule has 28 heavy (non-hydrogen) atoms. The molecule has 6 nitrogen and oxygen atoms in total. The Morgan fingerprint density at radius 3 is 2.86 bits per heavy atom.